The van der Waals surface area contributed by atoms with Crippen molar-refractivity contribution in [1.82, 2.24) is 4.98 Å². The van der Waals surface area contributed by atoms with Gasteiger partial charge in [-0.15, -0.1) is 0 Å². The average Bonchev–Trinajstić information content (AvgIpc) is 2.06. The number of rotatable bonds is 3. The molecule has 12 heavy (non-hydrogen) atoms. The maximum absolute atomic E-state index is 11.1. The van der Waals surface area contributed by atoms with E-state index in [0.29, 0.717) is 6.29 Å². The van der Waals surface area contributed by atoms with E-state index in [2.05, 4.69) is 4.98 Å². The van der Waals surface area contributed by atoms with Gasteiger partial charge in [-0.2, -0.15) is 0 Å². The molecule has 1 aromatic rings. The lowest BCUT2D eigenvalue weighted by Gasteiger charge is -1.96. The summed E-state index contributed by atoms with van der Waals surface area (Å²) in [6, 6.07) is 4.53. The minimum atomic E-state index is -3.49. The molecule has 0 aliphatic carbocycles. The summed E-state index contributed by atoms with van der Waals surface area (Å²) in [6.07, 6.45) is 1.72. The number of carbonyl (C=O) groups excluding carboxylic acids is 1. The van der Waals surface area contributed by atoms with E-state index in [0.717, 1.165) is 0 Å². The van der Waals surface area contributed by atoms with Gasteiger partial charge < -0.3 is 4.79 Å². The topological polar surface area (TPSA) is 64.1 Å². The summed E-state index contributed by atoms with van der Waals surface area (Å²) in [5.74, 6) is -0.510. The Balaban J connectivity index is 3.07. The molecule has 0 N–H and O–H groups in total. The highest BCUT2D eigenvalue weighted by atomic mass is 32.2. The van der Waals surface area contributed by atoms with Crippen LogP contribution in [0.3, 0.4) is 0 Å². The third-order valence-electron chi connectivity index (χ3n) is 1.24. The summed E-state index contributed by atoms with van der Waals surface area (Å²) >= 11 is 0. The van der Waals surface area contributed by atoms with Crippen molar-refractivity contribution < 1.29 is 13.2 Å². The Morgan fingerprint density at radius 1 is 1.42 bits per heavy atom. The normalized spacial score (nSPS) is 11.0. The zero-order valence-electron chi connectivity index (χ0n) is 6.17. The first-order valence-corrected chi connectivity index (χ1v) is 4.89. The summed E-state index contributed by atoms with van der Waals surface area (Å²) < 4.78 is 22.3. The quantitative estimate of drug-likeness (QED) is 0.624. The number of nitrogens with zero attached hydrogens (tertiary/aromatic N) is 1. The molecule has 1 aromatic heterocycles. The summed E-state index contributed by atoms with van der Waals surface area (Å²) in [5.41, 5.74) is 0. The first-order chi connectivity index (χ1) is 5.67. The zero-order chi connectivity index (χ0) is 9.03. The van der Waals surface area contributed by atoms with Crippen LogP contribution in [-0.2, 0) is 14.6 Å². The molecule has 0 unspecified atom stereocenters. The molecule has 0 amide bonds. The highest BCUT2D eigenvalue weighted by molar-refractivity contribution is 7.91. The Bertz CT molecular complexity index is 357. The van der Waals surface area contributed by atoms with Crippen molar-refractivity contribution in [3.05, 3.63) is 24.4 Å². The molecule has 0 radical (unpaired) electrons. The first-order valence-electron chi connectivity index (χ1n) is 3.24. The zero-order valence-corrected chi connectivity index (χ0v) is 6.99. The van der Waals surface area contributed by atoms with Crippen molar-refractivity contribution in [3.8, 4) is 0 Å². The van der Waals surface area contributed by atoms with E-state index in [1.165, 1.54) is 12.3 Å². The molecule has 5 heteroatoms. The smallest absolute Gasteiger partial charge is 0.202 e. The molecular weight excluding hydrogens is 178 g/mol. The summed E-state index contributed by atoms with van der Waals surface area (Å²) in [7, 11) is -3.49. The van der Waals surface area contributed by atoms with Crippen LogP contribution in [0.1, 0.15) is 0 Å². The fourth-order valence-electron chi connectivity index (χ4n) is 0.706. The van der Waals surface area contributed by atoms with Crippen LogP contribution in [0.5, 0.6) is 0 Å². The van der Waals surface area contributed by atoms with E-state index in [-0.39, 0.29) is 5.03 Å². The molecule has 64 valence electrons. The van der Waals surface area contributed by atoms with Crippen LogP contribution in [0.15, 0.2) is 29.4 Å². The number of hydrogen-bond acceptors (Lipinski definition) is 4. The van der Waals surface area contributed by atoms with Crippen LogP contribution in [0.25, 0.3) is 0 Å². The minimum Gasteiger partial charge on any atom is -0.302 e. The standard InChI is InChI=1S/C7H7NO3S/c9-5-6-12(10,11)7-3-1-2-4-8-7/h1-5H,6H2. The third-order valence-corrected chi connectivity index (χ3v) is 2.70. The van der Waals surface area contributed by atoms with Gasteiger partial charge in [-0.3, -0.25) is 0 Å². The number of hydrogen-bond donors (Lipinski definition) is 0. The van der Waals surface area contributed by atoms with E-state index in [1.807, 2.05) is 0 Å². The van der Waals surface area contributed by atoms with E-state index in [1.54, 1.807) is 12.1 Å². The van der Waals surface area contributed by atoms with Crippen molar-refractivity contribution >= 4 is 16.1 Å². The number of aromatic nitrogens is 1. The van der Waals surface area contributed by atoms with Gasteiger partial charge in [-0.05, 0) is 12.1 Å². The van der Waals surface area contributed by atoms with Crippen LogP contribution < -0.4 is 0 Å². The van der Waals surface area contributed by atoms with E-state index in [4.69, 9.17) is 0 Å². The summed E-state index contributed by atoms with van der Waals surface area (Å²) in [6.45, 7) is 0. The SMILES string of the molecule is O=CCS(=O)(=O)c1ccccn1. The largest absolute Gasteiger partial charge is 0.302 e. The number of aldehydes is 1. The Morgan fingerprint density at radius 3 is 2.67 bits per heavy atom. The van der Waals surface area contributed by atoms with Gasteiger partial charge in [0.1, 0.15) is 12.0 Å². The van der Waals surface area contributed by atoms with Crippen molar-refractivity contribution in [2.45, 2.75) is 5.03 Å². The van der Waals surface area contributed by atoms with Crippen LogP contribution in [0, 0.1) is 0 Å². The lowest BCUT2D eigenvalue weighted by molar-refractivity contribution is -0.105. The second-order valence-electron chi connectivity index (χ2n) is 2.12. The van der Waals surface area contributed by atoms with Gasteiger partial charge in [0.15, 0.2) is 5.03 Å². The molecule has 0 saturated carbocycles. The molecule has 0 spiro atoms. The fourth-order valence-corrected chi connectivity index (χ4v) is 1.56. The molecule has 1 rings (SSSR count). The number of pyridine rings is 1. The predicted octanol–water partition coefficient (Wildman–Crippen LogP) is 0.0542. The van der Waals surface area contributed by atoms with Crippen LogP contribution in [0.2, 0.25) is 0 Å². The fraction of sp³-hybridized carbons (Fsp3) is 0.143. The second kappa shape index (κ2) is 3.44. The summed E-state index contributed by atoms with van der Waals surface area (Å²) in [5, 5.41) is -0.0582. The highest BCUT2D eigenvalue weighted by Crippen LogP contribution is 2.04. The Kier molecular flexibility index (Phi) is 2.54. The van der Waals surface area contributed by atoms with Crippen molar-refractivity contribution in [3.63, 3.8) is 0 Å². The van der Waals surface area contributed by atoms with Gasteiger partial charge in [0.25, 0.3) is 0 Å². The lowest BCUT2D eigenvalue weighted by atomic mass is 10.5. The van der Waals surface area contributed by atoms with Crippen molar-refractivity contribution in [1.29, 1.82) is 0 Å². The molecule has 0 aromatic carbocycles. The minimum absolute atomic E-state index is 0.0582. The molecule has 4 nitrogen and oxygen atoms in total. The van der Waals surface area contributed by atoms with Crippen LogP contribution in [0.4, 0.5) is 0 Å². The van der Waals surface area contributed by atoms with Gasteiger partial charge in [0.05, 0.1) is 0 Å². The van der Waals surface area contributed by atoms with Crippen LogP contribution in [-0.4, -0.2) is 25.4 Å². The van der Waals surface area contributed by atoms with Crippen molar-refractivity contribution in [2.24, 2.45) is 0 Å². The van der Waals surface area contributed by atoms with Crippen molar-refractivity contribution in [2.75, 3.05) is 5.75 Å². The maximum atomic E-state index is 11.1. The Morgan fingerprint density at radius 2 is 2.17 bits per heavy atom. The van der Waals surface area contributed by atoms with E-state index < -0.39 is 15.6 Å². The maximum Gasteiger partial charge on any atom is 0.202 e. The predicted molar refractivity (Wildman–Crippen MR) is 42.4 cm³/mol. The van der Waals surface area contributed by atoms with E-state index in [9.17, 15) is 13.2 Å². The lowest BCUT2D eigenvalue weighted by Crippen LogP contribution is -2.08. The molecule has 0 atom stereocenters. The number of carbonyl (C=O) groups is 1. The van der Waals surface area contributed by atoms with E-state index >= 15 is 0 Å². The molecular formula is C7H7NO3S. The van der Waals surface area contributed by atoms with Gasteiger partial charge in [-0.25, -0.2) is 13.4 Å². The average molecular weight is 185 g/mol. The van der Waals surface area contributed by atoms with Crippen LogP contribution >= 0.6 is 0 Å². The van der Waals surface area contributed by atoms with Gasteiger partial charge in [-0.1, -0.05) is 6.07 Å². The number of sulfone groups is 1. The monoisotopic (exact) mass is 185 g/mol. The van der Waals surface area contributed by atoms with Gasteiger partial charge in [0, 0.05) is 6.20 Å². The molecule has 0 saturated heterocycles. The molecule has 1 heterocycles. The summed E-state index contributed by atoms with van der Waals surface area (Å²) in [4.78, 5) is 13.6. The molecule has 0 fully saturated rings. The van der Waals surface area contributed by atoms with Gasteiger partial charge in [0.2, 0.25) is 9.84 Å². The Labute approximate surface area is 70.2 Å². The second-order valence-corrected chi connectivity index (χ2v) is 4.10. The molecule has 0 aliphatic heterocycles. The van der Waals surface area contributed by atoms with Gasteiger partial charge >= 0.3 is 0 Å². The Hall–Kier alpha value is -1.23. The highest BCUT2D eigenvalue weighted by Gasteiger charge is 2.13. The molecule has 0 aliphatic rings. The first kappa shape index (κ1) is 8.86. The third kappa shape index (κ3) is 1.88. The molecule has 0 bridgehead atoms.